The van der Waals surface area contributed by atoms with Gasteiger partial charge >= 0.3 is 0 Å². The summed E-state index contributed by atoms with van der Waals surface area (Å²) in [6.07, 6.45) is 4.99. The van der Waals surface area contributed by atoms with Gasteiger partial charge in [0.1, 0.15) is 11.6 Å². The van der Waals surface area contributed by atoms with Crippen LogP contribution in [0.1, 0.15) is 50.5 Å². The van der Waals surface area contributed by atoms with E-state index >= 15 is 0 Å². The molecule has 0 amide bonds. The lowest BCUT2D eigenvalue weighted by Crippen LogP contribution is -2.34. The molecule has 18 heavy (non-hydrogen) atoms. The van der Waals surface area contributed by atoms with Crippen molar-refractivity contribution < 1.29 is 8.78 Å². The summed E-state index contributed by atoms with van der Waals surface area (Å²) in [4.78, 5) is 0. The second kappa shape index (κ2) is 6.28. The maximum Gasteiger partial charge on any atom is 0.129 e. The fraction of sp³-hybridized carbons (Fsp3) is 0.600. The van der Waals surface area contributed by atoms with Crippen LogP contribution >= 0.6 is 0 Å². The SMILES string of the molecule is CCCNC1CCCC(c2c(F)cccc2F)C1. The summed E-state index contributed by atoms with van der Waals surface area (Å²) in [5, 5.41) is 3.47. The van der Waals surface area contributed by atoms with E-state index in [2.05, 4.69) is 12.2 Å². The topological polar surface area (TPSA) is 12.0 Å². The van der Waals surface area contributed by atoms with Crippen LogP contribution in [0.2, 0.25) is 0 Å². The summed E-state index contributed by atoms with van der Waals surface area (Å²) in [7, 11) is 0. The third kappa shape index (κ3) is 3.08. The van der Waals surface area contributed by atoms with E-state index in [1.807, 2.05) is 0 Å². The van der Waals surface area contributed by atoms with Crippen LogP contribution in [0, 0.1) is 11.6 Å². The Balaban J connectivity index is 2.08. The lowest BCUT2D eigenvalue weighted by Gasteiger charge is -2.30. The van der Waals surface area contributed by atoms with Crippen molar-refractivity contribution in [2.45, 2.75) is 51.0 Å². The van der Waals surface area contributed by atoms with Crippen molar-refractivity contribution in [2.24, 2.45) is 0 Å². The molecule has 0 radical (unpaired) electrons. The van der Waals surface area contributed by atoms with Crippen LogP contribution in [0.5, 0.6) is 0 Å². The Kier molecular flexibility index (Phi) is 4.70. The van der Waals surface area contributed by atoms with E-state index in [-0.39, 0.29) is 5.92 Å². The molecular weight excluding hydrogens is 232 g/mol. The molecule has 1 aliphatic rings. The molecule has 1 aromatic carbocycles. The molecule has 3 heteroatoms. The Hall–Kier alpha value is -0.960. The third-order valence-corrected chi connectivity index (χ3v) is 3.77. The van der Waals surface area contributed by atoms with Gasteiger partial charge in [-0.1, -0.05) is 19.4 Å². The molecule has 0 saturated heterocycles. The fourth-order valence-corrected chi connectivity index (χ4v) is 2.89. The van der Waals surface area contributed by atoms with Crippen LogP contribution in [-0.4, -0.2) is 12.6 Å². The van der Waals surface area contributed by atoms with Crippen LogP contribution in [0.15, 0.2) is 18.2 Å². The van der Waals surface area contributed by atoms with Crippen molar-refractivity contribution in [3.05, 3.63) is 35.4 Å². The first-order chi connectivity index (χ1) is 8.72. The molecular formula is C15H21F2N. The largest absolute Gasteiger partial charge is 0.314 e. The molecule has 1 aliphatic carbocycles. The number of hydrogen-bond acceptors (Lipinski definition) is 1. The highest BCUT2D eigenvalue weighted by molar-refractivity contribution is 5.24. The van der Waals surface area contributed by atoms with Crippen molar-refractivity contribution in [1.29, 1.82) is 0 Å². The average molecular weight is 253 g/mol. The molecule has 0 heterocycles. The Bertz CT molecular complexity index is 372. The molecule has 2 atom stereocenters. The van der Waals surface area contributed by atoms with Crippen molar-refractivity contribution in [2.75, 3.05) is 6.54 Å². The Morgan fingerprint density at radius 3 is 2.61 bits per heavy atom. The molecule has 0 aromatic heterocycles. The van der Waals surface area contributed by atoms with Gasteiger partial charge in [0.25, 0.3) is 0 Å². The highest BCUT2D eigenvalue weighted by atomic mass is 19.1. The van der Waals surface area contributed by atoms with E-state index in [4.69, 9.17) is 0 Å². The van der Waals surface area contributed by atoms with Gasteiger partial charge in [0.15, 0.2) is 0 Å². The average Bonchev–Trinajstić information content (AvgIpc) is 2.37. The summed E-state index contributed by atoms with van der Waals surface area (Å²) in [5.74, 6) is -0.762. The molecule has 1 aromatic rings. The third-order valence-electron chi connectivity index (χ3n) is 3.77. The Morgan fingerprint density at radius 1 is 1.22 bits per heavy atom. The molecule has 2 unspecified atom stereocenters. The minimum Gasteiger partial charge on any atom is -0.314 e. The monoisotopic (exact) mass is 253 g/mol. The standard InChI is InChI=1S/C15H21F2N/c1-2-9-18-12-6-3-5-11(10-12)15-13(16)7-4-8-14(15)17/h4,7-8,11-12,18H,2-3,5-6,9-10H2,1H3. The van der Waals surface area contributed by atoms with E-state index in [9.17, 15) is 8.78 Å². The van der Waals surface area contributed by atoms with Gasteiger partial charge in [-0.3, -0.25) is 0 Å². The zero-order valence-corrected chi connectivity index (χ0v) is 10.9. The molecule has 0 spiro atoms. The molecule has 0 bridgehead atoms. The quantitative estimate of drug-likeness (QED) is 0.855. The maximum atomic E-state index is 13.8. The van der Waals surface area contributed by atoms with Crippen LogP contribution in [0.3, 0.4) is 0 Å². The summed E-state index contributed by atoms with van der Waals surface area (Å²) in [6, 6.07) is 4.56. The van der Waals surface area contributed by atoms with Crippen LogP contribution in [0.25, 0.3) is 0 Å². The van der Waals surface area contributed by atoms with Crippen molar-refractivity contribution in [3.63, 3.8) is 0 Å². The van der Waals surface area contributed by atoms with Gasteiger partial charge in [0.05, 0.1) is 0 Å². The molecule has 1 fully saturated rings. The summed E-state index contributed by atoms with van der Waals surface area (Å²) < 4.78 is 27.5. The number of hydrogen-bond donors (Lipinski definition) is 1. The van der Waals surface area contributed by atoms with Gasteiger partial charge in [-0.05, 0) is 50.3 Å². The minimum atomic E-state index is -0.392. The smallest absolute Gasteiger partial charge is 0.129 e. The second-order valence-electron chi connectivity index (χ2n) is 5.15. The van der Waals surface area contributed by atoms with Crippen molar-refractivity contribution in [1.82, 2.24) is 5.32 Å². The molecule has 1 nitrogen and oxygen atoms in total. The maximum absolute atomic E-state index is 13.8. The Labute approximate surface area is 108 Å². The van der Waals surface area contributed by atoms with E-state index in [0.29, 0.717) is 11.6 Å². The minimum absolute atomic E-state index is 0.0225. The first-order valence-electron chi connectivity index (χ1n) is 6.89. The van der Waals surface area contributed by atoms with E-state index in [1.165, 1.54) is 18.2 Å². The second-order valence-corrected chi connectivity index (χ2v) is 5.15. The van der Waals surface area contributed by atoms with Gasteiger partial charge < -0.3 is 5.32 Å². The van der Waals surface area contributed by atoms with Gasteiger partial charge in [-0.25, -0.2) is 8.78 Å². The first-order valence-corrected chi connectivity index (χ1v) is 6.89. The van der Waals surface area contributed by atoms with Crippen LogP contribution in [0.4, 0.5) is 8.78 Å². The Morgan fingerprint density at radius 2 is 1.94 bits per heavy atom. The summed E-state index contributed by atoms with van der Waals surface area (Å²) in [5.41, 5.74) is 0.292. The van der Waals surface area contributed by atoms with E-state index in [1.54, 1.807) is 0 Å². The van der Waals surface area contributed by atoms with E-state index < -0.39 is 11.6 Å². The lowest BCUT2D eigenvalue weighted by molar-refractivity contribution is 0.329. The predicted molar refractivity (Wildman–Crippen MR) is 69.6 cm³/mol. The van der Waals surface area contributed by atoms with Crippen LogP contribution in [-0.2, 0) is 0 Å². The molecule has 1 N–H and O–H groups in total. The van der Waals surface area contributed by atoms with Gasteiger partial charge in [0, 0.05) is 11.6 Å². The van der Waals surface area contributed by atoms with Crippen LogP contribution < -0.4 is 5.32 Å². The highest BCUT2D eigenvalue weighted by Crippen LogP contribution is 2.35. The number of halogens is 2. The molecule has 1 saturated carbocycles. The fourth-order valence-electron chi connectivity index (χ4n) is 2.89. The van der Waals surface area contributed by atoms with Crippen molar-refractivity contribution in [3.8, 4) is 0 Å². The normalized spacial score (nSPS) is 24.2. The van der Waals surface area contributed by atoms with Crippen molar-refractivity contribution >= 4 is 0 Å². The lowest BCUT2D eigenvalue weighted by atomic mass is 9.81. The first kappa shape index (κ1) is 13.5. The summed E-state index contributed by atoms with van der Waals surface area (Å²) in [6.45, 7) is 3.11. The molecule has 0 aliphatic heterocycles. The molecule has 100 valence electrons. The molecule has 2 rings (SSSR count). The number of rotatable bonds is 4. The number of benzene rings is 1. The predicted octanol–water partition coefficient (Wildman–Crippen LogP) is 3.99. The van der Waals surface area contributed by atoms with E-state index in [0.717, 1.165) is 38.6 Å². The zero-order valence-electron chi connectivity index (χ0n) is 10.9. The number of nitrogens with one attached hydrogen (secondary N) is 1. The van der Waals surface area contributed by atoms with Gasteiger partial charge in [-0.2, -0.15) is 0 Å². The summed E-state index contributed by atoms with van der Waals surface area (Å²) >= 11 is 0. The van der Waals surface area contributed by atoms with Gasteiger partial charge in [-0.15, -0.1) is 0 Å². The highest BCUT2D eigenvalue weighted by Gasteiger charge is 2.26. The van der Waals surface area contributed by atoms with Gasteiger partial charge in [0.2, 0.25) is 0 Å². The zero-order chi connectivity index (χ0) is 13.0.